The van der Waals surface area contributed by atoms with Crippen LogP contribution in [0.15, 0.2) is 22.6 Å². The highest BCUT2D eigenvalue weighted by molar-refractivity contribution is 5.74. The van der Waals surface area contributed by atoms with Crippen LogP contribution in [0.1, 0.15) is 24.7 Å². The van der Waals surface area contributed by atoms with E-state index in [0.717, 1.165) is 17.0 Å². The molecule has 2 aromatic rings. The maximum absolute atomic E-state index is 9.21. The van der Waals surface area contributed by atoms with Crippen molar-refractivity contribution in [2.75, 3.05) is 0 Å². The van der Waals surface area contributed by atoms with Gasteiger partial charge >= 0.3 is 0 Å². The number of fused-ring (bicyclic) bond motifs is 1. The zero-order valence-electron chi connectivity index (χ0n) is 7.03. The number of hydrogen-bond donors (Lipinski definition) is 1. The first-order chi connectivity index (χ1) is 6.33. The first-order valence-electron chi connectivity index (χ1n) is 4.42. The van der Waals surface area contributed by atoms with Crippen LogP contribution in [0.5, 0.6) is 5.75 Å². The van der Waals surface area contributed by atoms with Crippen LogP contribution >= 0.6 is 0 Å². The lowest BCUT2D eigenvalue weighted by Crippen LogP contribution is -1.74. The van der Waals surface area contributed by atoms with Crippen molar-refractivity contribution in [3.63, 3.8) is 0 Å². The van der Waals surface area contributed by atoms with E-state index in [1.54, 1.807) is 18.2 Å². The van der Waals surface area contributed by atoms with Gasteiger partial charge in [-0.2, -0.15) is 0 Å². The van der Waals surface area contributed by atoms with E-state index in [1.165, 1.54) is 12.8 Å². The average molecular weight is 175 g/mol. The highest BCUT2D eigenvalue weighted by atomic mass is 16.3. The Balaban J connectivity index is 2.20. The molecule has 1 aliphatic rings. The van der Waals surface area contributed by atoms with Gasteiger partial charge in [0.25, 0.3) is 0 Å². The number of oxazole rings is 1. The average Bonchev–Trinajstić information content (AvgIpc) is 2.87. The minimum Gasteiger partial charge on any atom is -0.508 e. The fourth-order valence-electron chi connectivity index (χ4n) is 1.44. The Morgan fingerprint density at radius 3 is 3.00 bits per heavy atom. The molecule has 1 aliphatic carbocycles. The van der Waals surface area contributed by atoms with E-state index < -0.39 is 0 Å². The van der Waals surface area contributed by atoms with E-state index in [4.69, 9.17) is 4.42 Å². The number of aromatic hydroxyl groups is 1. The van der Waals surface area contributed by atoms with Gasteiger partial charge < -0.3 is 9.52 Å². The van der Waals surface area contributed by atoms with Crippen molar-refractivity contribution < 1.29 is 9.52 Å². The zero-order chi connectivity index (χ0) is 8.84. The summed E-state index contributed by atoms with van der Waals surface area (Å²) in [5, 5.41) is 9.21. The fourth-order valence-corrected chi connectivity index (χ4v) is 1.44. The van der Waals surface area contributed by atoms with E-state index in [2.05, 4.69) is 4.98 Å². The molecule has 13 heavy (non-hydrogen) atoms. The highest BCUT2D eigenvalue weighted by Crippen LogP contribution is 2.40. The first kappa shape index (κ1) is 6.95. The van der Waals surface area contributed by atoms with Crippen molar-refractivity contribution in [1.29, 1.82) is 0 Å². The SMILES string of the molecule is Oc1ccc2oc(C3CC3)nc2c1. The fraction of sp³-hybridized carbons (Fsp3) is 0.300. The number of phenolic OH excluding ortho intramolecular Hbond substituents is 1. The summed E-state index contributed by atoms with van der Waals surface area (Å²) >= 11 is 0. The topological polar surface area (TPSA) is 46.3 Å². The van der Waals surface area contributed by atoms with Gasteiger partial charge in [-0.15, -0.1) is 0 Å². The Morgan fingerprint density at radius 1 is 1.38 bits per heavy atom. The molecule has 0 aliphatic heterocycles. The second-order valence-corrected chi connectivity index (χ2v) is 3.48. The zero-order valence-corrected chi connectivity index (χ0v) is 7.03. The number of hydrogen-bond acceptors (Lipinski definition) is 3. The van der Waals surface area contributed by atoms with Gasteiger partial charge in [0.1, 0.15) is 11.3 Å². The van der Waals surface area contributed by atoms with Gasteiger partial charge in [0, 0.05) is 12.0 Å². The lowest BCUT2D eigenvalue weighted by molar-refractivity contribution is 0.475. The minimum atomic E-state index is 0.239. The Labute approximate surface area is 75.0 Å². The monoisotopic (exact) mass is 175 g/mol. The third-order valence-corrected chi connectivity index (χ3v) is 2.31. The molecule has 1 heterocycles. The molecule has 1 N–H and O–H groups in total. The van der Waals surface area contributed by atoms with E-state index in [-0.39, 0.29) is 5.75 Å². The van der Waals surface area contributed by atoms with E-state index in [9.17, 15) is 5.11 Å². The predicted molar refractivity (Wildman–Crippen MR) is 47.6 cm³/mol. The molecule has 66 valence electrons. The third kappa shape index (κ3) is 1.08. The van der Waals surface area contributed by atoms with Crippen molar-refractivity contribution in [3.05, 3.63) is 24.1 Å². The van der Waals surface area contributed by atoms with Crippen LogP contribution in [-0.2, 0) is 0 Å². The molecule has 3 nitrogen and oxygen atoms in total. The maximum atomic E-state index is 9.21. The lowest BCUT2D eigenvalue weighted by atomic mass is 10.3. The Hall–Kier alpha value is -1.51. The van der Waals surface area contributed by atoms with E-state index in [0.29, 0.717) is 5.92 Å². The summed E-state index contributed by atoms with van der Waals surface area (Å²) in [4.78, 5) is 4.31. The van der Waals surface area contributed by atoms with Crippen LogP contribution in [0.2, 0.25) is 0 Å². The number of rotatable bonds is 1. The molecule has 0 bridgehead atoms. The molecule has 1 aromatic heterocycles. The maximum Gasteiger partial charge on any atom is 0.198 e. The molecule has 0 radical (unpaired) electrons. The van der Waals surface area contributed by atoms with Crippen LogP contribution < -0.4 is 0 Å². The van der Waals surface area contributed by atoms with Gasteiger partial charge in [0.2, 0.25) is 0 Å². The van der Waals surface area contributed by atoms with E-state index in [1.807, 2.05) is 0 Å². The molecular weight excluding hydrogens is 166 g/mol. The predicted octanol–water partition coefficient (Wildman–Crippen LogP) is 2.41. The van der Waals surface area contributed by atoms with Crippen LogP contribution in [0.3, 0.4) is 0 Å². The number of nitrogens with zero attached hydrogens (tertiary/aromatic N) is 1. The number of benzene rings is 1. The van der Waals surface area contributed by atoms with Gasteiger partial charge in [-0.25, -0.2) is 4.98 Å². The first-order valence-corrected chi connectivity index (χ1v) is 4.42. The van der Waals surface area contributed by atoms with E-state index >= 15 is 0 Å². The Kier molecular flexibility index (Phi) is 1.20. The van der Waals surface area contributed by atoms with Crippen molar-refractivity contribution >= 4 is 11.1 Å². The number of phenols is 1. The van der Waals surface area contributed by atoms with Gasteiger partial charge in [-0.3, -0.25) is 0 Å². The molecule has 0 saturated heterocycles. The highest BCUT2D eigenvalue weighted by Gasteiger charge is 2.28. The van der Waals surface area contributed by atoms with Crippen LogP contribution in [-0.4, -0.2) is 10.1 Å². The van der Waals surface area contributed by atoms with Gasteiger partial charge in [-0.1, -0.05) is 0 Å². The minimum absolute atomic E-state index is 0.239. The molecule has 3 rings (SSSR count). The summed E-state index contributed by atoms with van der Waals surface area (Å²) < 4.78 is 5.52. The molecule has 1 saturated carbocycles. The normalized spacial score (nSPS) is 16.6. The Bertz CT molecular complexity index is 457. The van der Waals surface area contributed by atoms with Gasteiger partial charge in [0.15, 0.2) is 11.5 Å². The third-order valence-electron chi connectivity index (χ3n) is 2.31. The second kappa shape index (κ2) is 2.25. The number of aromatic nitrogens is 1. The molecule has 0 spiro atoms. The lowest BCUT2D eigenvalue weighted by Gasteiger charge is -1.87. The van der Waals surface area contributed by atoms with Gasteiger partial charge in [0.05, 0.1) is 0 Å². The largest absolute Gasteiger partial charge is 0.508 e. The molecule has 3 heteroatoms. The standard InChI is InChI=1S/C10H9NO2/c12-7-3-4-9-8(5-7)11-10(13-9)6-1-2-6/h3-6,12H,1-2H2. The molecule has 0 unspecified atom stereocenters. The van der Waals surface area contributed by atoms with Gasteiger partial charge in [-0.05, 0) is 25.0 Å². The van der Waals surface area contributed by atoms with Crippen LogP contribution in [0.25, 0.3) is 11.1 Å². The second-order valence-electron chi connectivity index (χ2n) is 3.48. The van der Waals surface area contributed by atoms with Crippen LogP contribution in [0, 0.1) is 0 Å². The summed E-state index contributed by atoms with van der Waals surface area (Å²) in [7, 11) is 0. The van der Waals surface area contributed by atoms with Crippen LogP contribution in [0.4, 0.5) is 0 Å². The van der Waals surface area contributed by atoms with Crippen molar-refractivity contribution in [3.8, 4) is 5.75 Å². The Morgan fingerprint density at radius 2 is 2.23 bits per heavy atom. The molecule has 0 amide bonds. The summed E-state index contributed by atoms with van der Waals surface area (Å²) in [5.41, 5.74) is 1.52. The van der Waals surface area contributed by atoms with Crippen molar-refractivity contribution in [2.45, 2.75) is 18.8 Å². The quantitative estimate of drug-likeness (QED) is 0.723. The summed E-state index contributed by atoms with van der Waals surface area (Å²) in [5.74, 6) is 1.58. The molecule has 1 aromatic carbocycles. The molecule has 1 fully saturated rings. The molecule has 0 atom stereocenters. The smallest absolute Gasteiger partial charge is 0.198 e. The van der Waals surface area contributed by atoms with Crippen molar-refractivity contribution in [1.82, 2.24) is 4.98 Å². The summed E-state index contributed by atoms with van der Waals surface area (Å²) in [6.45, 7) is 0. The van der Waals surface area contributed by atoms with Crippen molar-refractivity contribution in [2.24, 2.45) is 0 Å². The summed E-state index contributed by atoms with van der Waals surface area (Å²) in [6.07, 6.45) is 2.36. The molecular formula is C10H9NO2. The summed E-state index contributed by atoms with van der Waals surface area (Å²) in [6, 6.07) is 5.00.